The maximum absolute atomic E-state index is 6.41. The van der Waals surface area contributed by atoms with Crippen LogP contribution in [0.4, 0.5) is 0 Å². The van der Waals surface area contributed by atoms with Crippen molar-refractivity contribution in [2.24, 2.45) is 0 Å². The Morgan fingerprint density at radius 3 is 2.34 bits per heavy atom. The van der Waals surface area contributed by atoms with E-state index in [1.807, 2.05) is 41.2 Å². The van der Waals surface area contributed by atoms with Crippen LogP contribution in [0.25, 0.3) is 44.4 Å². The van der Waals surface area contributed by atoms with E-state index >= 15 is 0 Å². The molecule has 0 spiro atoms. The first-order valence-corrected chi connectivity index (χ1v) is 14.8. The molecule has 44 heavy (non-hydrogen) atoms. The first-order chi connectivity index (χ1) is 21.0. The molecule has 7 aromatic rings. The minimum atomic E-state index is 0. The molecule has 0 aliphatic heterocycles. The van der Waals surface area contributed by atoms with Crippen LogP contribution in [0.2, 0.25) is 0 Å². The summed E-state index contributed by atoms with van der Waals surface area (Å²) in [6.45, 7) is 8.55. The van der Waals surface area contributed by atoms with Gasteiger partial charge in [-0.15, -0.1) is 35.7 Å². The first-order valence-electron chi connectivity index (χ1n) is 14.8. The Hall–Kier alpha value is -4.50. The van der Waals surface area contributed by atoms with E-state index in [4.69, 9.17) is 9.84 Å². The second kappa shape index (κ2) is 12.2. The summed E-state index contributed by atoms with van der Waals surface area (Å²) in [4.78, 5) is 4.69. The van der Waals surface area contributed by atoms with Crippen LogP contribution in [0, 0.1) is 26.0 Å². The standard InChI is InChI=1S/C38H32N4O.Pd/c1-5-33-38(27-12-9-11-25(3)21-27)34(6-2)42(40-33)28-13-10-14-29(23-28)43-30-17-18-32-31-15-7-8-16-35(31)41(36(32)24-30)37-22-26(4)19-20-39-37;/h7-22H,5-6H2,1-4H3;/q-2;+2. The molecule has 0 bridgehead atoms. The smallest absolute Gasteiger partial charge is 0.509 e. The van der Waals surface area contributed by atoms with Crippen LogP contribution in [-0.4, -0.2) is 19.3 Å². The maximum Gasteiger partial charge on any atom is 2.00 e. The van der Waals surface area contributed by atoms with E-state index in [9.17, 15) is 0 Å². The number of rotatable bonds is 7. The Morgan fingerprint density at radius 2 is 1.55 bits per heavy atom. The Morgan fingerprint density at radius 1 is 0.750 bits per heavy atom. The molecule has 4 aromatic carbocycles. The SMILES string of the molecule is CCc1nn(-c2[c-]c(Oc3[c-]c4c(cc3)c3ccccc3n4-c3cc(C)ccn3)ccc2)c(CC)c1-c1cccc(C)c1.[Pd+2]. The van der Waals surface area contributed by atoms with E-state index in [1.54, 1.807) is 0 Å². The van der Waals surface area contributed by atoms with Crippen molar-refractivity contribution < 1.29 is 25.2 Å². The summed E-state index contributed by atoms with van der Waals surface area (Å²) in [6.07, 6.45) is 3.54. The number of hydrogen-bond donors (Lipinski definition) is 0. The van der Waals surface area contributed by atoms with E-state index in [-0.39, 0.29) is 20.4 Å². The zero-order valence-corrected chi connectivity index (χ0v) is 26.7. The number of hydrogen-bond acceptors (Lipinski definition) is 3. The summed E-state index contributed by atoms with van der Waals surface area (Å²) in [7, 11) is 0. The van der Waals surface area contributed by atoms with Crippen LogP contribution in [0.5, 0.6) is 11.5 Å². The van der Waals surface area contributed by atoms with Gasteiger partial charge in [0, 0.05) is 34.5 Å². The molecular weight excluding hydrogens is 635 g/mol. The fraction of sp³-hybridized carbons (Fsp3) is 0.158. The van der Waals surface area contributed by atoms with E-state index in [1.165, 1.54) is 22.4 Å². The molecule has 0 aliphatic rings. The van der Waals surface area contributed by atoms with E-state index < -0.39 is 0 Å². The first kappa shape index (κ1) is 29.6. The molecule has 0 N–H and O–H groups in total. The summed E-state index contributed by atoms with van der Waals surface area (Å²) >= 11 is 0. The molecule has 0 saturated carbocycles. The molecule has 220 valence electrons. The predicted molar refractivity (Wildman–Crippen MR) is 174 cm³/mol. The number of para-hydroxylation sites is 1. The molecule has 0 fully saturated rings. The van der Waals surface area contributed by atoms with Gasteiger partial charge in [-0.05, 0) is 67.1 Å². The van der Waals surface area contributed by atoms with E-state index in [0.29, 0.717) is 11.5 Å². The van der Waals surface area contributed by atoms with E-state index in [0.717, 1.165) is 57.4 Å². The van der Waals surface area contributed by atoms with Crippen LogP contribution in [0.1, 0.15) is 36.4 Å². The van der Waals surface area contributed by atoms with Gasteiger partial charge in [0.25, 0.3) is 0 Å². The van der Waals surface area contributed by atoms with Crippen LogP contribution in [0.3, 0.4) is 0 Å². The Bertz CT molecular complexity index is 2120. The van der Waals surface area contributed by atoms with Crippen molar-refractivity contribution in [2.75, 3.05) is 0 Å². The molecule has 5 nitrogen and oxygen atoms in total. The molecule has 0 radical (unpaired) electrons. The van der Waals surface area contributed by atoms with Gasteiger partial charge in [0.15, 0.2) is 0 Å². The molecule has 7 rings (SSSR count). The van der Waals surface area contributed by atoms with Gasteiger partial charge in [0.05, 0.1) is 5.69 Å². The number of aromatic nitrogens is 4. The fourth-order valence-electron chi connectivity index (χ4n) is 5.96. The molecule has 0 unspecified atom stereocenters. The van der Waals surface area contributed by atoms with Gasteiger partial charge < -0.3 is 9.30 Å². The number of ether oxygens (including phenoxy) is 1. The van der Waals surface area contributed by atoms with E-state index in [2.05, 4.69) is 110 Å². The van der Waals surface area contributed by atoms with Crippen molar-refractivity contribution in [3.63, 3.8) is 0 Å². The van der Waals surface area contributed by atoms with Gasteiger partial charge in [-0.25, -0.2) is 4.98 Å². The largest absolute Gasteiger partial charge is 2.00 e. The van der Waals surface area contributed by atoms with Crippen molar-refractivity contribution >= 4 is 21.8 Å². The monoisotopic (exact) mass is 666 g/mol. The summed E-state index contributed by atoms with van der Waals surface area (Å²) in [5.74, 6) is 2.08. The van der Waals surface area contributed by atoms with Gasteiger partial charge >= 0.3 is 20.4 Å². The summed E-state index contributed by atoms with van der Waals surface area (Å²) in [6, 6.07) is 38.2. The third kappa shape index (κ3) is 5.26. The zero-order chi connectivity index (χ0) is 29.5. The number of aryl methyl sites for hydroxylation is 3. The molecule has 3 aromatic heterocycles. The Labute approximate surface area is 271 Å². The van der Waals surface area contributed by atoms with Crippen molar-refractivity contribution in [1.82, 2.24) is 19.3 Å². The van der Waals surface area contributed by atoms with Crippen molar-refractivity contribution in [3.05, 3.63) is 132 Å². The van der Waals surface area contributed by atoms with Gasteiger partial charge in [-0.3, -0.25) is 4.68 Å². The van der Waals surface area contributed by atoms with Crippen LogP contribution >= 0.6 is 0 Å². The normalized spacial score (nSPS) is 11.2. The summed E-state index contributed by atoms with van der Waals surface area (Å²) in [5, 5.41) is 7.31. The van der Waals surface area contributed by atoms with Gasteiger partial charge in [0.2, 0.25) is 0 Å². The van der Waals surface area contributed by atoms with Crippen molar-refractivity contribution in [3.8, 4) is 34.1 Å². The van der Waals surface area contributed by atoms with Crippen LogP contribution < -0.4 is 4.74 Å². The van der Waals surface area contributed by atoms with Crippen LogP contribution in [-0.2, 0) is 33.3 Å². The third-order valence-corrected chi connectivity index (χ3v) is 7.92. The Kier molecular flexibility index (Phi) is 8.23. The van der Waals surface area contributed by atoms with Gasteiger partial charge in [-0.1, -0.05) is 67.4 Å². The molecule has 0 aliphatic carbocycles. The topological polar surface area (TPSA) is 44.9 Å². The quantitative estimate of drug-likeness (QED) is 0.126. The second-order valence-electron chi connectivity index (χ2n) is 10.9. The minimum Gasteiger partial charge on any atom is -0.509 e. The van der Waals surface area contributed by atoms with Crippen molar-refractivity contribution in [1.29, 1.82) is 0 Å². The average Bonchev–Trinajstić information content (AvgIpc) is 3.57. The maximum atomic E-state index is 6.41. The molecule has 0 amide bonds. The molecule has 3 heterocycles. The fourth-order valence-corrected chi connectivity index (χ4v) is 5.96. The summed E-state index contributed by atoms with van der Waals surface area (Å²) < 4.78 is 10.6. The summed E-state index contributed by atoms with van der Waals surface area (Å²) in [5.41, 5.74) is 9.90. The molecule has 0 saturated heterocycles. The predicted octanol–water partition coefficient (Wildman–Crippen LogP) is 9.16. The van der Waals surface area contributed by atoms with Crippen molar-refractivity contribution in [2.45, 2.75) is 40.5 Å². The number of benzene rings is 4. The third-order valence-electron chi connectivity index (χ3n) is 7.92. The van der Waals surface area contributed by atoms with Gasteiger partial charge in [-0.2, -0.15) is 17.2 Å². The van der Waals surface area contributed by atoms with Gasteiger partial charge in [0.1, 0.15) is 5.82 Å². The molecule has 6 heteroatoms. The Balaban J connectivity index is 0.00000343. The number of fused-ring (bicyclic) bond motifs is 3. The number of nitrogens with zero attached hydrogens (tertiary/aromatic N) is 4. The zero-order valence-electron chi connectivity index (χ0n) is 25.2. The molecular formula is C38H32N4OPd. The molecule has 0 atom stereocenters. The minimum absolute atomic E-state index is 0. The average molecular weight is 667 g/mol. The second-order valence-corrected chi connectivity index (χ2v) is 10.9. The number of pyridine rings is 1. The van der Waals surface area contributed by atoms with Crippen LogP contribution in [0.15, 0.2) is 97.2 Å².